The van der Waals surface area contributed by atoms with Crippen LogP contribution in [0.5, 0.6) is 0 Å². The molecule has 1 aliphatic rings. The Labute approximate surface area is 197 Å². The van der Waals surface area contributed by atoms with Gasteiger partial charge in [0, 0.05) is 17.7 Å². The summed E-state index contributed by atoms with van der Waals surface area (Å²) in [6.45, 7) is 7.15. The monoisotopic (exact) mass is 474 g/mol. The number of benzene rings is 3. The van der Waals surface area contributed by atoms with Crippen LogP contribution in [0.3, 0.4) is 0 Å². The van der Waals surface area contributed by atoms with E-state index in [9.17, 15) is 23.3 Å². The average Bonchev–Trinajstić information content (AvgIpc) is 2.82. The van der Waals surface area contributed by atoms with Crippen LogP contribution in [0.25, 0.3) is 11.8 Å². The van der Waals surface area contributed by atoms with Crippen LogP contribution >= 0.6 is 0 Å². The number of rotatable bonds is 6. The molecule has 0 spiro atoms. The second-order valence-corrected chi connectivity index (χ2v) is 9.88. The van der Waals surface area contributed by atoms with Crippen LogP contribution in [-0.4, -0.2) is 23.4 Å². The van der Waals surface area contributed by atoms with E-state index in [4.69, 9.17) is 0 Å². The molecule has 0 fully saturated rings. The van der Waals surface area contributed by atoms with Crippen molar-refractivity contribution in [2.45, 2.75) is 24.8 Å². The van der Waals surface area contributed by atoms with Gasteiger partial charge >= 0.3 is 0 Å². The Hall–Kier alpha value is -4.04. The van der Waals surface area contributed by atoms with Gasteiger partial charge in [-0.15, -0.1) is 0 Å². The predicted molar refractivity (Wildman–Crippen MR) is 130 cm³/mol. The lowest BCUT2D eigenvalue weighted by Gasteiger charge is -2.39. The predicted octanol–water partition coefficient (Wildman–Crippen LogP) is 5.29. The summed E-state index contributed by atoms with van der Waals surface area (Å²) in [4.78, 5) is 23.1. The van der Waals surface area contributed by atoms with E-state index in [0.29, 0.717) is 16.8 Å². The third-order valence-electron chi connectivity index (χ3n) is 5.79. The number of carbonyl (C=O) groups is 1. The summed E-state index contributed by atoms with van der Waals surface area (Å²) in [5.41, 5.74) is 3.02. The molecule has 0 N–H and O–H groups in total. The van der Waals surface area contributed by atoms with Gasteiger partial charge in [-0.25, -0.2) is 8.42 Å². The fourth-order valence-electron chi connectivity index (χ4n) is 3.95. The molecule has 0 saturated heterocycles. The van der Waals surface area contributed by atoms with Gasteiger partial charge in [0.1, 0.15) is 0 Å². The van der Waals surface area contributed by atoms with Crippen molar-refractivity contribution in [1.29, 1.82) is 0 Å². The quantitative estimate of drug-likeness (QED) is 0.275. The standard InChI is InChI=1S/C26H22N2O5S/c1-17-8-14-23(15-9-17)34(32,33)27-25(20-10-12-22(13-11-20)28(30)31)16-21-6-4-5-7-24(21)26(27)18(2)19(3)29/h4-16,26H,2H2,1,3H3/t26-/m1/s1. The van der Waals surface area contributed by atoms with Crippen LogP contribution in [0.15, 0.2) is 89.8 Å². The second kappa shape index (κ2) is 8.72. The first-order chi connectivity index (χ1) is 16.1. The van der Waals surface area contributed by atoms with Crippen LogP contribution in [-0.2, 0) is 14.8 Å². The first kappa shape index (κ1) is 23.1. The zero-order chi connectivity index (χ0) is 24.6. The van der Waals surface area contributed by atoms with Crippen LogP contribution in [0.4, 0.5) is 5.69 Å². The zero-order valence-corrected chi connectivity index (χ0v) is 19.5. The van der Waals surface area contributed by atoms with Gasteiger partial charge in [0.25, 0.3) is 15.7 Å². The number of sulfonamides is 1. The molecule has 0 amide bonds. The number of nitro benzene ring substituents is 1. The minimum Gasteiger partial charge on any atom is -0.295 e. The molecule has 1 heterocycles. The summed E-state index contributed by atoms with van der Waals surface area (Å²) in [5, 5.41) is 11.1. The van der Waals surface area contributed by atoms with E-state index < -0.39 is 21.0 Å². The number of non-ortho nitro benzene ring substituents is 1. The largest absolute Gasteiger partial charge is 0.295 e. The van der Waals surface area contributed by atoms with Gasteiger partial charge in [0.05, 0.1) is 21.6 Å². The number of fused-ring (bicyclic) bond motifs is 1. The fraction of sp³-hybridized carbons (Fsp3) is 0.115. The highest BCUT2D eigenvalue weighted by Crippen LogP contribution is 2.45. The zero-order valence-electron chi connectivity index (χ0n) is 18.6. The fourth-order valence-corrected chi connectivity index (χ4v) is 5.59. The number of hydrogen-bond donors (Lipinski definition) is 0. The summed E-state index contributed by atoms with van der Waals surface area (Å²) in [5.74, 6) is -0.339. The Morgan fingerprint density at radius 3 is 2.21 bits per heavy atom. The van der Waals surface area contributed by atoms with Crippen molar-refractivity contribution in [3.63, 3.8) is 0 Å². The van der Waals surface area contributed by atoms with E-state index in [1.807, 2.05) is 19.1 Å². The SMILES string of the molecule is C=C(C(C)=O)[C@@H]1c2ccccc2C=C(c2ccc([N+](=O)[O-])cc2)N1S(=O)(=O)c1ccc(C)cc1. The number of Topliss-reactive ketones (excluding diaryl/α,β-unsaturated/α-hetero) is 1. The van der Waals surface area contributed by atoms with Gasteiger partial charge in [0.15, 0.2) is 5.78 Å². The van der Waals surface area contributed by atoms with Crippen molar-refractivity contribution in [1.82, 2.24) is 4.31 Å². The first-order valence-corrected chi connectivity index (χ1v) is 11.9. The number of ketones is 1. The van der Waals surface area contributed by atoms with Crippen molar-refractivity contribution in [2.24, 2.45) is 0 Å². The van der Waals surface area contributed by atoms with E-state index in [-0.39, 0.29) is 21.9 Å². The molecule has 34 heavy (non-hydrogen) atoms. The molecule has 3 aromatic carbocycles. The molecule has 1 atom stereocenters. The number of hydrogen-bond acceptors (Lipinski definition) is 5. The average molecular weight is 475 g/mol. The molecule has 0 aliphatic carbocycles. The van der Waals surface area contributed by atoms with Crippen molar-refractivity contribution in [2.75, 3.05) is 0 Å². The second-order valence-electron chi connectivity index (χ2n) is 8.06. The van der Waals surface area contributed by atoms with E-state index >= 15 is 0 Å². The minimum absolute atomic E-state index is 0.0617. The summed E-state index contributed by atoms with van der Waals surface area (Å²) in [7, 11) is -4.15. The number of aryl methyl sites for hydroxylation is 1. The van der Waals surface area contributed by atoms with Crippen LogP contribution in [0, 0.1) is 17.0 Å². The summed E-state index contributed by atoms with van der Waals surface area (Å²) >= 11 is 0. The van der Waals surface area contributed by atoms with Gasteiger partial charge in [0.2, 0.25) is 0 Å². The Bertz CT molecular complexity index is 1440. The molecule has 172 valence electrons. The lowest BCUT2D eigenvalue weighted by molar-refractivity contribution is -0.384. The number of nitro groups is 1. The highest BCUT2D eigenvalue weighted by Gasteiger charge is 2.40. The third-order valence-corrected chi connectivity index (χ3v) is 7.58. The maximum atomic E-state index is 14.0. The van der Waals surface area contributed by atoms with Crippen LogP contribution in [0.2, 0.25) is 0 Å². The maximum absolute atomic E-state index is 14.0. The molecule has 7 nitrogen and oxygen atoms in total. The van der Waals surface area contributed by atoms with E-state index in [0.717, 1.165) is 11.1 Å². The molecule has 0 aromatic heterocycles. The van der Waals surface area contributed by atoms with Crippen molar-refractivity contribution in [3.8, 4) is 0 Å². The van der Waals surface area contributed by atoms with Crippen molar-refractivity contribution >= 4 is 33.3 Å². The van der Waals surface area contributed by atoms with E-state index in [1.54, 1.807) is 30.3 Å². The molecule has 4 rings (SSSR count). The molecule has 0 unspecified atom stereocenters. The molecule has 0 bridgehead atoms. The summed E-state index contributed by atoms with van der Waals surface area (Å²) in [6, 6.07) is 18.3. The molecule has 8 heteroatoms. The van der Waals surface area contributed by atoms with E-state index in [2.05, 4.69) is 6.58 Å². The first-order valence-electron chi connectivity index (χ1n) is 10.5. The Morgan fingerprint density at radius 1 is 1.00 bits per heavy atom. The highest BCUT2D eigenvalue weighted by atomic mass is 32.2. The summed E-state index contributed by atoms with van der Waals surface area (Å²) in [6.07, 6.45) is 1.71. The normalized spacial score (nSPS) is 15.3. The van der Waals surface area contributed by atoms with Crippen molar-refractivity contribution in [3.05, 3.63) is 117 Å². The Balaban J connectivity index is 2.00. The Morgan fingerprint density at radius 2 is 1.62 bits per heavy atom. The van der Waals surface area contributed by atoms with Crippen LogP contribution in [0.1, 0.15) is 35.2 Å². The van der Waals surface area contributed by atoms with Gasteiger partial charge in [-0.2, -0.15) is 0 Å². The van der Waals surface area contributed by atoms with Gasteiger partial charge < -0.3 is 0 Å². The van der Waals surface area contributed by atoms with Gasteiger partial charge in [-0.05, 0) is 60.9 Å². The molecular weight excluding hydrogens is 452 g/mol. The lowest BCUT2D eigenvalue weighted by atomic mass is 9.88. The van der Waals surface area contributed by atoms with E-state index in [1.165, 1.54) is 47.6 Å². The Kier molecular flexibility index (Phi) is 5.93. The molecule has 0 saturated carbocycles. The van der Waals surface area contributed by atoms with Gasteiger partial charge in [-0.3, -0.25) is 19.2 Å². The lowest BCUT2D eigenvalue weighted by Crippen LogP contribution is -2.37. The maximum Gasteiger partial charge on any atom is 0.269 e. The minimum atomic E-state index is -4.15. The molecular formula is C26H22N2O5S. The number of nitrogens with zero attached hydrogens (tertiary/aromatic N) is 2. The highest BCUT2D eigenvalue weighted by molar-refractivity contribution is 7.89. The molecule has 1 aliphatic heterocycles. The molecule has 3 aromatic rings. The van der Waals surface area contributed by atoms with Crippen LogP contribution < -0.4 is 0 Å². The topological polar surface area (TPSA) is 97.6 Å². The van der Waals surface area contributed by atoms with Crippen molar-refractivity contribution < 1.29 is 18.1 Å². The smallest absolute Gasteiger partial charge is 0.269 e. The van der Waals surface area contributed by atoms with Gasteiger partial charge in [-0.1, -0.05) is 48.5 Å². The third kappa shape index (κ3) is 4.04. The number of carbonyl (C=O) groups excluding carboxylic acids is 1. The molecule has 0 radical (unpaired) electrons. The summed E-state index contributed by atoms with van der Waals surface area (Å²) < 4.78 is 29.3.